The number of hydrogen-bond acceptors (Lipinski definition) is 7. The average molecular weight is 751 g/mol. The predicted octanol–water partition coefficient (Wildman–Crippen LogP) is 11.3. The van der Waals surface area contributed by atoms with E-state index in [9.17, 15) is 26.3 Å². The maximum atomic E-state index is 10.2. The zero-order chi connectivity index (χ0) is 40.5. The van der Waals surface area contributed by atoms with E-state index < -0.39 is 0 Å². The molecule has 8 heteroatoms. The van der Waals surface area contributed by atoms with Gasteiger partial charge in [-0.2, -0.15) is 26.3 Å². The van der Waals surface area contributed by atoms with Gasteiger partial charge in [0.2, 0.25) is 0 Å². The zero-order valence-corrected chi connectivity index (χ0v) is 31.1. The Morgan fingerprint density at radius 1 is 0.373 bits per heavy atom. The zero-order valence-electron chi connectivity index (χ0n) is 31.1. The second kappa shape index (κ2) is 14.8. The topological polar surface area (TPSA) is 150 Å². The van der Waals surface area contributed by atoms with Gasteiger partial charge in [-0.3, -0.25) is 0 Å². The van der Waals surface area contributed by atoms with Crippen LogP contribution in [0.15, 0.2) is 158 Å². The van der Waals surface area contributed by atoms with Crippen molar-refractivity contribution in [1.82, 2.24) is 14.5 Å². The third-order valence-corrected chi connectivity index (χ3v) is 10.4. The highest BCUT2D eigenvalue weighted by Gasteiger charge is 2.21. The van der Waals surface area contributed by atoms with Gasteiger partial charge in [-0.1, -0.05) is 84.9 Å². The van der Waals surface area contributed by atoms with Gasteiger partial charge in [0.25, 0.3) is 0 Å². The highest BCUT2D eigenvalue weighted by atomic mass is 15.0. The fourth-order valence-electron chi connectivity index (χ4n) is 7.59. The third kappa shape index (κ3) is 6.37. The van der Waals surface area contributed by atoms with Crippen molar-refractivity contribution in [3.8, 4) is 92.2 Å². The fraction of sp³-hybridized carbons (Fsp3) is 0. The van der Waals surface area contributed by atoms with E-state index in [2.05, 4.69) is 34.9 Å². The fourth-order valence-corrected chi connectivity index (χ4v) is 7.59. The van der Waals surface area contributed by atoms with Crippen LogP contribution in [-0.4, -0.2) is 14.5 Å². The van der Waals surface area contributed by atoms with Crippen molar-refractivity contribution in [2.24, 2.45) is 0 Å². The lowest BCUT2D eigenvalue weighted by Crippen LogP contribution is -2.02. The van der Waals surface area contributed by atoms with E-state index in [1.807, 2.05) is 115 Å². The number of benzene rings is 7. The van der Waals surface area contributed by atoms with Crippen LogP contribution in [0.5, 0.6) is 0 Å². The van der Waals surface area contributed by atoms with Crippen LogP contribution in [0.1, 0.15) is 27.8 Å². The van der Waals surface area contributed by atoms with Crippen molar-refractivity contribution >= 4 is 21.8 Å². The van der Waals surface area contributed by atoms with Crippen LogP contribution in [0.3, 0.4) is 0 Å². The lowest BCUT2D eigenvalue weighted by molar-refractivity contribution is 1.14. The van der Waals surface area contributed by atoms with Crippen LogP contribution in [0.4, 0.5) is 0 Å². The molecule has 0 aliphatic rings. The Bertz CT molecular complexity index is 3190. The van der Waals surface area contributed by atoms with Gasteiger partial charge in [0.15, 0.2) is 5.82 Å². The molecule has 0 fully saturated rings. The van der Waals surface area contributed by atoms with Crippen molar-refractivity contribution in [3.05, 3.63) is 186 Å². The molecule has 2 heterocycles. The van der Waals surface area contributed by atoms with Crippen LogP contribution >= 0.6 is 0 Å². The SMILES string of the molecule is N#Cc1ccc(-c2ccc3c(c2)c2cc(-c4ccc(C#N)cc4C#N)ccc2n3-c2cc(C#N)ccc2-c2nc(-c3ccccc3)cc(-c3ccccc3)n2)c(C#N)c1. The Balaban J connectivity index is 1.35. The first-order valence-corrected chi connectivity index (χ1v) is 18.5. The molecule has 0 bridgehead atoms. The number of hydrogen-bond donors (Lipinski definition) is 0. The first kappa shape index (κ1) is 35.6. The Hall–Kier alpha value is -9.13. The van der Waals surface area contributed by atoms with E-state index in [0.29, 0.717) is 56.0 Å². The molecule has 0 saturated heterocycles. The van der Waals surface area contributed by atoms with Gasteiger partial charge in [0.1, 0.15) is 0 Å². The quantitative estimate of drug-likeness (QED) is 0.164. The minimum absolute atomic E-state index is 0.373. The summed E-state index contributed by atoms with van der Waals surface area (Å²) >= 11 is 0. The normalized spacial score (nSPS) is 10.6. The number of fused-ring (bicyclic) bond motifs is 3. The van der Waals surface area contributed by atoms with Crippen LogP contribution in [-0.2, 0) is 0 Å². The molecule has 9 rings (SSSR count). The molecule has 9 aromatic rings. The number of nitriles is 5. The molecule has 0 spiro atoms. The van der Waals surface area contributed by atoms with E-state index in [-0.39, 0.29) is 0 Å². The van der Waals surface area contributed by atoms with E-state index in [1.165, 1.54) is 0 Å². The molecule has 0 N–H and O–H groups in total. The summed E-state index contributed by atoms with van der Waals surface area (Å²) in [6, 6.07) is 60.5. The van der Waals surface area contributed by atoms with Crippen LogP contribution in [0, 0.1) is 56.7 Å². The molecular formula is C51H26N8. The Morgan fingerprint density at radius 3 is 1.25 bits per heavy atom. The molecule has 0 atom stereocenters. The van der Waals surface area contributed by atoms with Gasteiger partial charge in [0.05, 0.1) is 86.3 Å². The number of nitrogens with zero attached hydrogens (tertiary/aromatic N) is 8. The summed E-state index contributed by atoms with van der Waals surface area (Å²) in [6.07, 6.45) is 0. The van der Waals surface area contributed by atoms with Gasteiger partial charge in [0, 0.05) is 27.5 Å². The first-order chi connectivity index (χ1) is 29.0. The van der Waals surface area contributed by atoms with Crippen molar-refractivity contribution in [2.45, 2.75) is 0 Å². The Kier molecular flexibility index (Phi) is 8.95. The molecule has 0 radical (unpaired) electrons. The van der Waals surface area contributed by atoms with Crippen molar-refractivity contribution in [3.63, 3.8) is 0 Å². The maximum absolute atomic E-state index is 10.2. The van der Waals surface area contributed by atoms with Crippen molar-refractivity contribution in [2.75, 3.05) is 0 Å². The molecule has 8 nitrogen and oxygen atoms in total. The summed E-state index contributed by atoms with van der Waals surface area (Å²) < 4.78 is 2.10. The van der Waals surface area contributed by atoms with Crippen LogP contribution < -0.4 is 0 Å². The standard InChI is InChI=1S/C51H26N8/c52-27-32-11-16-41(39(21-32)30-55)37-14-19-48-44(24-37)45-25-38(42-17-12-33(28-53)22-40(42)31-56)15-20-49(45)59(48)50-23-34(29-54)13-18-43(50)51-57-46(35-7-3-1-4-8-35)26-47(58-51)36-9-5-2-6-10-36/h1-26H. The summed E-state index contributed by atoms with van der Waals surface area (Å²) in [6.45, 7) is 0. The smallest absolute Gasteiger partial charge is 0.162 e. The van der Waals surface area contributed by atoms with Crippen molar-refractivity contribution in [1.29, 1.82) is 26.3 Å². The predicted molar refractivity (Wildman–Crippen MR) is 227 cm³/mol. The summed E-state index contributed by atoms with van der Waals surface area (Å²) in [5, 5.41) is 51.2. The number of rotatable bonds is 6. The second-order valence-corrected chi connectivity index (χ2v) is 13.8. The van der Waals surface area contributed by atoms with Gasteiger partial charge >= 0.3 is 0 Å². The Labute approximate surface area is 339 Å². The first-order valence-electron chi connectivity index (χ1n) is 18.5. The minimum atomic E-state index is 0.373. The summed E-state index contributed by atoms with van der Waals surface area (Å²) in [7, 11) is 0. The summed E-state index contributed by atoms with van der Waals surface area (Å²) in [5.41, 5.74) is 11.2. The molecule has 7 aromatic carbocycles. The van der Waals surface area contributed by atoms with Gasteiger partial charge in [-0.25, -0.2) is 9.97 Å². The van der Waals surface area contributed by atoms with Gasteiger partial charge in [-0.15, -0.1) is 0 Å². The van der Waals surface area contributed by atoms with Crippen LogP contribution in [0.25, 0.3) is 83.6 Å². The summed E-state index contributed by atoms with van der Waals surface area (Å²) in [4.78, 5) is 10.3. The molecule has 0 unspecified atom stereocenters. The van der Waals surface area contributed by atoms with E-state index in [0.717, 1.165) is 55.4 Å². The van der Waals surface area contributed by atoms with Gasteiger partial charge < -0.3 is 4.57 Å². The highest BCUT2D eigenvalue weighted by Crippen LogP contribution is 2.41. The highest BCUT2D eigenvalue weighted by molar-refractivity contribution is 6.12. The Morgan fingerprint density at radius 2 is 0.814 bits per heavy atom. The maximum Gasteiger partial charge on any atom is 0.162 e. The lowest BCUT2D eigenvalue weighted by atomic mass is 9.95. The largest absolute Gasteiger partial charge is 0.308 e. The van der Waals surface area contributed by atoms with Crippen molar-refractivity contribution < 1.29 is 0 Å². The van der Waals surface area contributed by atoms with E-state index >= 15 is 0 Å². The minimum Gasteiger partial charge on any atom is -0.308 e. The van der Waals surface area contributed by atoms with Crippen LogP contribution in [0.2, 0.25) is 0 Å². The van der Waals surface area contributed by atoms with Gasteiger partial charge in [-0.05, 0) is 95.1 Å². The summed E-state index contributed by atoms with van der Waals surface area (Å²) in [5.74, 6) is 0.473. The lowest BCUT2D eigenvalue weighted by Gasteiger charge is -2.16. The molecular weight excluding hydrogens is 725 g/mol. The molecule has 2 aromatic heterocycles. The number of aromatic nitrogens is 3. The molecule has 0 amide bonds. The molecule has 0 aliphatic heterocycles. The monoisotopic (exact) mass is 750 g/mol. The third-order valence-electron chi connectivity index (χ3n) is 10.4. The van der Waals surface area contributed by atoms with E-state index in [4.69, 9.17) is 9.97 Å². The molecule has 0 aliphatic carbocycles. The molecule has 270 valence electrons. The van der Waals surface area contributed by atoms with E-state index in [1.54, 1.807) is 42.5 Å². The molecule has 59 heavy (non-hydrogen) atoms. The average Bonchev–Trinajstić information content (AvgIpc) is 3.64. The molecule has 0 saturated carbocycles. The second-order valence-electron chi connectivity index (χ2n) is 13.8.